The molecule has 1 amide bonds. The number of amides is 1. The molecule has 1 aromatic rings. The predicted octanol–water partition coefficient (Wildman–Crippen LogP) is 1.19. The van der Waals surface area contributed by atoms with Gasteiger partial charge < -0.3 is 14.9 Å². The first-order chi connectivity index (χ1) is 9.20. The Balaban J connectivity index is 2.49. The summed E-state index contributed by atoms with van der Waals surface area (Å²) in [6.45, 7) is 7.19. The van der Waals surface area contributed by atoms with Gasteiger partial charge in [0.05, 0.1) is 5.75 Å². The van der Waals surface area contributed by atoms with Crippen LogP contribution in [0.5, 0.6) is 0 Å². The number of carbonyl (C=O) groups is 2. The Bertz CT molecular complexity index is 481. The van der Waals surface area contributed by atoms with Crippen molar-refractivity contribution in [3.63, 3.8) is 0 Å². The van der Waals surface area contributed by atoms with Crippen LogP contribution in [0.3, 0.4) is 0 Å². The maximum absolute atomic E-state index is 10.9. The zero-order valence-electron chi connectivity index (χ0n) is 12.0. The van der Waals surface area contributed by atoms with E-state index in [0.29, 0.717) is 17.5 Å². The van der Waals surface area contributed by atoms with Gasteiger partial charge in [0.1, 0.15) is 6.04 Å². The molecule has 112 valence electrons. The van der Waals surface area contributed by atoms with Gasteiger partial charge in [0.25, 0.3) is 0 Å². The SMILES string of the molecule is CC(=O)NC(CSCc1noc(C(C)(C)C)n1)C(=O)O. The largest absolute Gasteiger partial charge is 0.480 e. The zero-order valence-corrected chi connectivity index (χ0v) is 12.8. The molecule has 1 rings (SSSR count). The molecule has 20 heavy (non-hydrogen) atoms. The molecule has 1 aromatic heterocycles. The summed E-state index contributed by atoms with van der Waals surface area (Å²) < 4.78 is 5.14. The Morgan fingerprint density at radius 3 is 2.55 bits per heavy atom. The van der Waals surface area contributed by atoms with Crippen LogP contribution in [0.4, 0.5) is 0 Å². The van der Waals surface area contributed by atoms with Crippen LogP contribution < -0.4 is 5.32 Å². The number of thioether (sulfide) groups is 1. The summed E-state index contributed by atoms with van der Waals surface area (Å²) in [5.41, 5.74) is -0.213. The number of carboxylic acids is 1. The van der Waals surface area contributed by atoms with Crippen molar-refractivity contribution in [2.45, 2.75) is 44.9 Å². The zero-order chi connectivity index (χ0) is 15.3. The van der Waals surface area contributed by atoms with Crippen molar-refractivity contribution in [2.75, 3.05) is 5.75 Å². The van der Waals surface area contributed by atoms with Crippen LogP contribution in [0.2, 0.25) is 0 Å². The third kappa shape index (κ3) is 5.20. The van der Waals surface area contributed by atoms with Crippen molar-refractivity contribution in [1.29, 1.82) is 0 Å². The van der Waals surface area contributed by atoms with E-state index in [2.05, 4.69) is 15.5 Å². The van der Waals surface area contributed by atoms with E-state index < -0.39 is 12.0 Å². The van der Waals surface area contributed by atoms with Crippen LogP contribution in [0, 0.1) is 0 Å². The third-order valence-electron chi connectivity index (χ3n) is 2.30. The minimum absolute atomic E-state index is 0.213. The van der Waals surface area contributed by atoms with Crippen molar-refractivity contribution in [3.05, 3.63) is 11.7 Å². The lowest BCUT2D eigenvalue weighted by atomic mass is 9.97. The van der Waals surface area contributed by atoms with Crippen molar-refractivity contribution in [1.82, 2.24) is 15.5 Å². The summed E-state index contributed by atoms with van der Waals surface area (Å²) in [6, 6.07) is -0.911. The van der Waals surface area contributed by atoms with Crippen molar-refractivity contribution in [3.8, 4) is 0 Å². The van der Waals surface area contributed by atoms with Crippen LogP contribution in [-0.2, 0) is 20.8 Å². The topological polar surface area (TPSA) is 105 Å². The summed E-state index contributed by atoms with van der Waals surface area (Å²) in [6.07, 6.45) is 0. The van der Waals surface area contributed by atoms with Gasteiger partial charge in [-0.2, -0.15) is 16.7 Å². The summed E-state index contributed by atoms with van der Waals surface area (Å²) in [5, 5.41) is 15.2. The second-order valence-electron chi connectivity index (χ2n) is 5.37. The fourth-order valence-corrected chi connectivity index (χ4v) is 2.18. The third-order valence-corrected chi connectivity index (χ3v) is 3.33. The Morgan fingerprint density at radius 1 is 1.45 bits per heavy atom. The minimum Gasteiger partial charge on any atom is -0.480 e. The Labute approximate surface area is 121 Å². The number of aromatic nitrogens is 2. The first-order valence-corrected chi connectivity index (χ1v) is 7.26. The van der Waals surface area contributed by atoms with Crippen LogP contribution in [0.1, 0.15) is 39.4 Å². The van der Waals surface area contributed by atoms with E-state index in [9.17, 15) is 9.59 Å². The van der Waals surface area contributed by atoms with Crippen LogP contribution in [-0.4, -0.2) is 38.9 Å². The molecule has 1 atom stereocenters. The lowest BCUT2D eigenvalue weighted by molar-refractivity contribution is -0.140. The molecule has 0 aliphatic rings. The van der Waals surface area contributed by atoms with Crippen LogP contribution in [0.25, 0.3) is 0 Å². The average molecular weight is 301 g/mol. The van der Waals surface area contributed by atoms with E-state index in [1.165, 1.54) is 18.7 Å². The number of nitrogens with one attached hydrogen (secondary N) is 1. The molecule has 0 fully saturated rings. The van der Waals surface area contributed by atoms with Gasteiger partial charge >= 0.3 is 5.97 Å². The maximum atomic E-state index is 10.9. The van der Waals surface area contributed by atoms with Gasteiger partial charge in [-0.1, -0.05) is 25.9 Å². The Kier molecular flexibility index (Phi) is 5.55. The van der Waals surface area contributed by atoms with Gasteiger partial charge in [-0.15, -0.1) is 0 Å². The molecular formula is C12H19N3O4S. The number of aliphatic carboxylic acids is 1. The summed E-state index contributed by atoms with van der Waals surface area (Å²) in [5.74, 6) is 0.317. The number of hydrogen-bond donors (Lipinski definition) is 2. The Hall–Kier alpha value is -1.57. The molecule has 0 bridgehead atoms. The summed E-state index contributed by atoms with van der Waals surface area (Å²) in [4.78, 5) is 26.1. The highest BCUT2D eigenvalue weighted by Crippen LogP contribution is 2.21. The first kappa shape index (κ1) is 16.5. The molecule has 0 aliphatic heterocycles. The van der Waals surface area contributed by atoms with Crippen molar-refractivity contribution in [2.24, 2.45) is 0 Å². The summed E-state index contributed by atoms with van der Waals surface area (Å²) in [7, 11) is 0. The van der Waals surface area contributed by atoms with Gasteiger partial charge in [-0.05, 0) is 0 Å². The van der Waals surface area contributed by atoms with E-state index in [1.54, 1.807) is 0 Å². The standard InChI is InChI=1S/C12H19N3O4S/c1-7(16)13-8(10(17)18)5-20-6-9-14-11(19-15-9)12(2,3)4/h8H,5-6H2,1-4H3,(H,13,16)(H,17,18). The molecule has 1 unspecified atom stereocenters. The molecule has 0 radical (unpaired) electrons. The lowest BCUT2D eigenvalue weighted by Crippen LogP contribution is -2.41. The van der Waals surface area contributed by atoms with E-state index in [4.69, 9.17) is 9.63 Å². The highest BCUT2D eigenvalue weighted by atomic mass is 32.2. The molecule has 0 saturated carbocycles. The maximum Gasteiger partial charge on any atom is 0.327 e. The summed E-state index contributed by atoms with van der Waals surface area (Å²) >= 11 is 1.33. The van der Waals surface area contributed by atoms with Gasteiger partial charge in [0.2, 0.25) is 11.8 Å². The molecule has 0 spiro atoms. The number of rotatable bonds is 6. The molecule has 8 heteroatoms. The number of carboxylic acid groups (broad SMARTS) is 1. The smallest absolute Gasteiger partial charge is 0.327 e. The lowest BCUT2D eigenvalue weighted by Gasteiger charge is -2.12. The highest BCUT2D eigenvalue weighted by Gasteiger charge is 2.22. The second-order valence-corrected chi connectivity index (χ2v) is 6.40. The highest BCUT2D eigenvalue weighted by molar-refractivity contribution is 7.98. The first-order valence-electron chi connectivity index (χ1n) is 6.11. The van der Waals surface area contributed by atoms with E-state index >= 15 is 0 Å². The monoisotopic (exact) mass is 301 g/mol. The van der Waals surface area contributed by atoms with E-state index in [-0.39, 0.29) is 17.1 Å². The minimum atomic E-state index is -1.06. The predicted molar refractivity (Wildman–Crippen MR) is 74.4 cm³/mol. The quantitative estimate of drug-likeness (QED) is 0.813. The van der Waals surface area contributed by atoms with Gasteiger partial charge in [-0.25, -0.2) is 4.79 Å². The molecule has 0 aliphatic carbocycles. The molecule has 7 nitrogen and oxygen atoms in total. The fourth-order valence-electron chi connectivity index (χ4n) is 1.31. The number of hydrogen-bond acceptors (Lipinski definition) is 6. The van der Waals surface area contributed by atoms with Gasteiger partial charge in [-0.3, -0.25) is 4.79 Å². The molecule has 2 N–H and O–H groups in total. The molecule has 0 saturated heterocycles. The average Bonchev–Trinajstić information content (AvgIpc) is 2.75. The van der Waals surface area contributed by atoms with E-state index in [1.807, 2.05) is 20.8 Å². The fraction of sp³-hybridized carbons (Fsp3) is 0.667. The number of nitrogens with zero attached hydrogens (tertiary/aromatic N) is 2. The van der Waals surface area contributed by atoms with Crippen molar-refractivity contribution >= 4 is 23.6 Å². The second kappa shape index (κ2) is 6.74. The van der Waals surface area contributed by atoms with E-state index in [0.717, 1.165) is 0 Å². The molecule has 0 aromatic carbocycles. The molecular weight excluding hydrogens is 282 g/mol. The van der Waals surface area contributed by atoms with Gasteiger partial charge in [0.15, 0.2) is 5.82 Å². The molecule has 1 heterocycles. The normalized spacial score (nSPS) is 13.0. The van der Waals surface area contributed by atoms with Crippen molar-refractivity contribution < 1.29 is 19.2 Å². The van der Waals surface area contributed by atoms with Crippen LogP contribution in [0.15, 0.2) is 4.52 Å². The number of carbonyl (C=O) groups excluding carboxylic acids is 1. The van der Waals surface area contributed by atoms with Gasteiger partial charge in [0, 0.05) is 18.1 Å². The Morgan fingerprint density at radius 2 is 2.10 bits per heavy atom. The van der Waals surface area contributed by atoms with Crippen LogP contribution >= 0.6 is 11.8 Å².